The fraction of sp³-hybridized carbons (Fsp3) is 0.0345. The predicted octanol–water partition coefficient (Wildman–Crippen LogP) is 6.30. The van der Waals surface area contributed by atoms with Crippen molar-refractivity contribution in [1.82, 2.24) is 0 Å². The maximum absolute atomic E-state index is 13.6. The SMILES string of the molecule is [N-]=[N+]=C(C(=O)c1ccccc1)C1c2ccccc2C=C(c2ccccc2)N1c1ccccc1. The number of carbonyl (C=O) groups excluding carboxylic acids is 1. The number of fused-ring (bicyclic) bond motifs is 1. The number of carbonyl (C=O) groups is 1. The molecule has 4 heteroatoms. The molecule has 1 aliphatic heterocycles. The molecule has 0 aromatic heterocycles. The molecule has 1 heterocycles. The van der Waals surface area contributed by atoms with Gasteiger partial charge in [0, 0.05) is 11.3 Å². The zero-order valence-corrected chi connectivity index (χ0v) is 17.9. The Kier molecular flexibility index (Phi) is 5.50. The highest BCUT2D eigenvalue weighted by Crippen LogP contribution is 2.42. The van der Waals surface area contributed by atoms with Gasteiger partial charge in [-0.2, -0.15) is 4.79 Å². The Morgan fingerprint density at radius 3 is 1.97 bits per heavy atom. The third kappa shape index (κ3) is 3.80. The molecule has 1 atom stereocenters. The van der Waals surface area contributed by atoms with Gasteiger partial charge in [0.1, 0.15) is 0 Å². The van der Waals surface area contributed by atoms with Crippen molar-refractivity contribution in [2.75, 3.05) is 4.90 Å². The van der Waals surface area contributed by atoms with E-state index in [2.05, 4.69) is 15.8 Å². The first-order valence-corrected chi connectivity index (χ1v) is 10.8. The van der Waals surface area contributed by atoms with Crippen molar-refractivity contribution in [3.8, 4) is 0 Å². The van der Waals surface area contributed by atoms with Crippen molar-refractivity contribution >= 4 is 29.0 Å². The molecule has 4 aromatic rings. The van der Waals surface area contributed by atoms with Crippen LogP contribution in [0.15, 0.2) is 115 Å². The molecule has 0 saturated heterocycles. The molecule has 33 heavy (non-hydrogen) atoms. The molecule has 4 nitrogen and oxygen atoms in total. The molecule has 0 bridgehead atoms. The van der Waals surface area contributed by atoms with Crippen molar-refractivity contribution in [2.45, 2.75) is 6.04 Å². The van der Waals surface area contributed by atoms with Crippen LogP contribution in [0.2, 0.25) is 0 Å². The quantitative estimate of drug-likeness (QED) is 0.162. The minimum atomic E-state index is -0.610. The summed E-state index contributed by atoms with van der Waals surface area (Å²) in [5, 5.41) is 0. The molecule has 158 valence electrons. The number of hydrogen-bond donors (Lipinski definition) is 0. The van der Waals surface area contributed by atoms with Crippen LogP contribution in [0.5, 0.6) is 0 Å². The van der Waals surface area contributed by atoms with E-state index in [0.29, 0.717) is 5.56 Å². The summed E-state index contributed by atoms with van der Waals surface area (Å²) in [7, 11) is 0. The minimum absolute atomic E-state index is 0.0686. The second kappa shape index (κ2) is 8.91. The minimum Gasteiger partial charge on any atom is -0.361 e. The molecular weight excluding hydrogens is 406 g/mol. The zero-order chi connectivity index (χ0) is 22.6. The van der Waals surface area contributed by atoms with E-state index < -0.39 is 6.04 Å². The average molecular weight is 428 g/mol. The Balaban J connectivity index is 1.76. The van der Waals surface area contributed by atoms with E-state index >= 15 is 0 Å². The Morgan fingerprint density at radius 1 is 0.727 bits per heavy atom. The lowest BCUT2D eigenvalue weighted by Gasteiger charge is -2.37. The first-order valence-electron chi connectivity index (χ1n) is 10.8. The highest BCUT2D eigenvalue weighted by Gasteiger charge is 2.42. The lowest BCUT2D eigenvalue weighted by atomic mass is 9.86. The molecule has 0 fully saturated rings. The number of Topliss-reactive ketones (excluding diaryl/α,β-unsaturated/α-hetero) is 1. The van der Waals surface area contributed by atoms with Crippen LogP contribution in [-0.2, 0) is 0 Å². The van der Waals surface area contributed by atoms with Gasteiger partial charge >= 0.3 is 5.71 Å². The number of ketones is 1. The number of benzene rings is 4. The lowest BCUT2D eigenvalue weighted by Crippen LogP contribution is -2.39. The second-order valence-corrected chi connectivity index (χ2v) is 7.81. The monoisotopic (exact) mass is 427 g/mol. The fourth-order valence-corrected chi connectivity index (χ4v) is 4.33. The van der Waals surface area contributed by atoms with Gasteiger partial charge in [0.15, 0.2) is 6.04 Å². The Labute approximate surface area is 192 Å². The summed E-state index contributed by atoms with van der Waals surface area (Å²) in [4.78, 5) is 19.2. The smallest absolute Gasteiger partial charge is 0.361 e. The zero-order valence-electron chi connectivity index (χ0n) is 17.9. The molecule has 1 aliphatic rings. The molecule has 1 unspecified atom stereocenters. The number of rotatable bonds is 5. The van der Waals surface area contributed by atoms with Gasteiger partial charge in [0.25, 0.3) is 5.78 Å². The van der Waals surface area contributed by atoms with Crippen LogP contribution in [0, 0.1) is 0 Å². The highest BCUT2D eigenvalue weighted by molar-refractivity contribution is 6.46. The molecule has 4 aromatic carbocycles. The Morgan fingerprint density at radius 2 is 1.30 bits per heavy atom. The average Bonchev–Trinajstić information content (AvgIpc) is 2.90. The van der Waals surface area contributed by atoms with E-state index in [-0.39, 0.29) is 11.5 Å². The van der Waals surface area contributed by atoms with Crippen molar-refractivity contribution in [2.24, 2.45) is 0 Å². The highest BCUT2D eigenvalue weighted by atomic mass is 16.1. The molecule has 0 amide bonds. The van der Waals surface area contributed by atoms with E-state index in [1.165, 1.54) is 0 Å². The van der Waals surface area contributed by atoms with Gasteiger partial charge < -0.3 is 10.4 Å². The summed E-state index contributed by atoms with van der Waals surface area (Å²) >= 11 is 0. The predicted molar refractivity (Wildman–Crippen MR) is 132 cm³/mol. The summed E-state index contributed by atoms with van der Waals surface area (Å²) in [6, 6.07) is 36.2. The van der Waals surface area contributed by atoms with Gasteiger partial charge in [0.05, 0.1) is 5.70 Å². The van der Waals surface area contributed by atoms with Crippen molar-refractivity contribution in [1.29, 1.82) is 0 Å². The number of para-hydroxylation sites is 1. The largest absolute Gasteiger partial charge is 0.366 e. The maximum Gasteiger partial charge on any atom is 0.366 e. The third-order valence-electron chi connectivity index (χ3n) is 5.84. The Hall–Kier alpha value is -4.53. The maximum atomic E-state index is 13.6. The Bertz CT molecular complexity index is 1370. The molecule has 0 N–H and O–H groups in total. The van der Waals surface area contributed by atoms with E-state index in [4.69, 9.17) is 0 Å². The van der Waals surface area contributed by atoms with E-state index in [1.807, 2.05) is 91.0 Å². The van der Waals surface area contributed by atoms with Crippen molar-refractivity contribution < 1.29 is 9.58 Å². The molecular formula is C29H21N3O. The fourth-order valence-electron chi connectivity index (χ4n) is 4.33. The summed E-state index contributed by atoms with van der Waals surface area (Å²) in [6.45, 7) is 0. The van der Waals surface area contributed by atoms with Gasteiger partial charge in [0.2, 0.25) is 0 Å². The van der Waals surface area contributed by atoms with Crippen LogP contribution >= 0.6 is 0 Å². The molecule has 0 spiro atoms. The normalized spacial score (nSPS) is 14.6. The van der Waals surface area contributed by atoms with E-state index in [0.717, 1.165) is 28.1 Å². The van der Waals surface area contributed by atoms with Crippen molar-refractivity contribution in [3.63, 3.8) is 0 Å². The van der Waals surface area contributed by atoms with Crippen LogP contribution in [0.4, 0.5) is 5.69 Å². The van der Waals surface area contributed by atoms with Crippen LogP contribution in [0.25, 0.3) is 17.3 Å². The van der Waals surface area contributed by atoms with E-state index in [1.54, 1.807) is 24.3 Å². The number of anilines is 1. The molecule has 0 radical (unpaired) electrons. The lowest BCUT2D eigenvalue weighted by molar-refractivity contribution is -0.0106. The van der Waals surface area contributed by atoms with Crippen molar-refractivity contribution in [3.05, 3.63) is 143 Å². The van der Waals surface area contributed by atoms with Crippen LogP contribution < -0.4 is 4.90 Å². The molecule has 0 aliphatic carbocycles. The second-order valence-electron chi connectivity index (χ2n) is 7.81. The first-order chi connectivity index (χ1) is 16.3. The number of nitrogens with zero attached hydrogens (tertiary/aromatic N) is 3. The summed E-state index contributed by atoms with van der Waals surface area (Å²) in [5.74, 6) is -0.312. The van der Waals surface area contributed by atoms with E-state index in [9.17, 15) is 10.3 Å². The standard InChI is InChI=1S/C29H21N3O/c30-31-27(29(33)22-14-6-2-7-15-22)28-25-19-11-10-16-23(25)20-26(21-12-4-1-5-13-21)32(28)24-17-8-3-9-18-24/h1-20,28H. The molecule has 5 rings (SSSR count). The van der Waals surface area contributed by atoms with Gasteiger partial charge in [-0.05, 0) is 34.9 Å². The van der Waals surface area contributed by atoms with Crippen LogP contribution in [-0.4, -0.2) is 16.3 Å². The first kappa shape index (κ1) is 20.4. The van der Waals surface area contributed by atoms with Gasteiger partial charge in [-0.15, -0.1) is 0 Å². The van der Waals surface area contributed by atoms with Gasteiger partial charge in [-0.25, -0.2) is 0 Å². The summed E-state index contributed by atoms with van der Waals surface area (Å²) in [5.41, 5.74) is 15.4. The molecule has 0 saturated carbocycles. The van der Waals surface area contributed by atoms with Gasteiger partial charge in [-0.3, -0.25) is 4.79 Å². The van der Waals surface area contributed by atoms with Gasteiger partial charge in [-0.1, -0.05) is 103 Å². The van der Waals surface area contributed by atoms with Crippen LogP contribution in [0.3, 0.4) is 0 Å². The number of hydrogen-bond acceptors (Lipinski definition) is 2. The summed E-state index contributed by atoms with van der Waals surface area (Å²) in [6.07, 6.45) is 2.12. The third-order valence-corrected chi connectivity index (χ3v) is 5.84. The summed E-state index contributed by atoms with van der Waals surface area (Å²) < 4.78 is 0. The topological polar surface area (TPSA) is 56.7 Å². The van der Waals surface area contributed by atoms with Crippen LogP contribution in [0.1, 0.15) is 33.1 Å².